The van der Waals surface area contributed by atoms with E-state index >= 15 is 0 Å². The van der Waals surface area contributed by atoms with Gasteiger partial charge in [0.15, 0.2) is 0 Å². The number of hydrogen-bond donors (Lipinski definition) is 1. The van der Waals surface area contributed by atoms with Crippen molar-refractivity contribution in [2.45, 2.75) is 32.7 Å². The Morgan fingerprint density at radius 3 is 2.70 bits per heavy atom. The molecule has 3 rings (SSSR count). The maximum absolute atomic E-state index is 12.2. The van der Waals surface area contributed by atoms with E-state index in [0.29, 0.717) is 18.4 Å². The standard InChI is InChI=1S/C20H30N4O3/c1-2-27-19(25)13-22-20(26)24-11-7-18(15-24)17-5-9-23(10-6-17)14-16-4-3-8-21-12-16/h3-4,8,12,17-18H,2,5-7,9-11,13-15H2,1H3,(H,22,26). The number of nitrogens with zero attached hydrogens (tertiary/aromatic N) is 3. The van der Waals surface area contributed by atoms with Crippen LogP contribution in [0.25, 0.3) is 0 Å². The van der Waals surface area contributed by atoms with Gasteiger partial charge in [-0.2, -0.15) is 0 Å². The normalized spacial score (nSPS) is 21.2. The molecule has 1 unspecified atom stereocenters. The van der Waals surface area contributed by atoms with Gasteiger partial charge in [0.1, 0.15) is 6.54 Å². The number of likely N-dealkylation sites (tertiary alicyclic amines) is 2. The van der Waals surface area contributed by atoms with Gasteiger partial charge in [-0.3, -0.25) is 14.7 Å². The number of urea groups is 1. The lowest BCUT2D eigenvalue weighted by molar-refractivity contribution is -0.141. The zero-order chi connectivity index (χ0) is 19.1. The molecular formula is C20H30N4O3. The number of rotatable bonds is 6. The predicted octanol–water partition coefficient (Wildman–Crippen LogP) is 1.89. The molecule has 7 nitrogen and oxygen atoms in total. The number of piperidine rings is 1. The van der Waals surface area contributed by atoms with Gasteiger partial charge in [0.25, 0.3) is 0 Å². The highest BCUT2D eigenvalue weighted by Crippen LogP contribution is 2.32. The number of nitrogens with one attached hydrogen (secondary N) is 1. The topological polar surface area (TPSA) is 74.8 Å². The van der Waals surface area contributed by atoms with Gasteiger partial charge in [0.2, 0.25) is 0 Å². The molecule has 2 fully saturated rings. The molecule has 1 atom stereocenters. The molecule has 0 radical (unpaired) electrons. The summed E-state index contributed by atoms with van der Waals surface area (Å²) >= 11 is 0. The van der Waals surface area contributed by atoms with Gasteiger partial charge in [-0.1, -0.05) is 6.07 Å². The fourth-order valence-corrected chi connectivity index (χ4v) is 4.16. The lowest BCUT2D eigenvalue weighted by Crippen LogP contribution is -2.42. The molecule has 0 spiro atoms. The van der Waals surface area contributed by atoms with Gasteiger partial charge >= 0.3 is 12.0 Å². The van der Waals surface area contributed by atoms with Crippen LogP contribution < -0.4 is 5.32 Å². The second kappa shape index (κ2) is 9.69. The quantitative estimate of drug-likeness (QED) is 0.770. The maximum atomic E-state index is 12.2. The third-order valence-electron chi connectivity index (χ3n) is 5.63. The van der Waals surface area contributed by atoms with Gasteiger partial charge in [-0.05, 0) is 62.7 Å². The second-order valence-corrected chi connectivity index (χ2v) is 7.43. The summed E-state index contributed by atoms with van der Waals surface area (Å²) in [6.07, 6.45) is 7.17. The van der Waals surface area contributed by atoms with E-state index in [4.69, 9.17) is 4.74 Å². The van der Waals surface area contributed by atoms with Crippen molar-refractivity contribution >= 4 is 12.0 Å². The number of amides is 2. The minimum absolute atomic E-state index is 0.0550. The van der Waals surface area contributed by atoms with E-state index < -0.39 is 0 Å². The number of esters is 1. The molecule has 1 aromatic heterocycles. The molecule has 0 bridgehead atoms. The van der Waals surface area contributed by atoms with Crippen molar-refractivity contribution < 1.29 is 14.3 Å². The van der Waals surface area contributed by atoms with Crippen LogP contribution in [0.15, 0.2) is 24.5 Å². The summed E-state index contributed by atoms with van der Waals surface area (Å²) in [4.78, 5) is 32.1. The average Bonchev–Trinajstić information content (AvgIpc) is 3.18. The third-order valence-corrected chi connectivity index (χ3v) is 5.63. The summed E-state index contributed by atoms with van der Waals surface area (Å²) in [7, 11) is 0. The fourth-order valence-electron chi connectivity index (χ4n) is 4.16. The van der Waals surface area contributed by atoms with Crippen molar-refractivity contribution in [2.24, 2.45) is 11.8 Å². The van der Waals surface area contributed by atoms with E-state index in [1.165, 1.54) is 18.4 Å². The van der Waals surface area contributed by atoms with Crippen molar-refractivity contribution in [3.63, 3.8) is 0 Å². The first-order chi connectivity index (χ1) is 13.2. The molecule has 3 heterocycles. The largest absolute Gasteiger partial charge is 0.465 e. The van der Waals surface area contributed by atoms with Crippen LogP contribution >= 0.6 is 0 Å². The number of carbonyl (C=O) groups excluding carboxylic acids is 2. The SMILES string of the molecule is CCOC(=O)CNC(=O)N1CCC(C2CCN(Cc3cccnc3)CC2)C1. The van der Waals surface area contributed by atoms with Gasteiger partial charge in [0, 0.05) is 32.0 Å². The zero-order valence-electron chi connectivity index (χ0n) is 16.1. The predicted molar refractivity (Wildman–Crippen MR) is 102 cm³/mol. The molecule has 0 saturated carbocycles. The van der Waals surface area contributed by atoms with Crippen molar-refractivity contribution in [1.29, 1.82) is 0 Å². The highest BCUT2D eigenvalue weighted by molar-refractivity contribution is 5.81. The highest BCUT2D eigenvalue weighted by Gasteiger charge is 2.33. The second-order valence-electron chi connectivity index (χ2n) is 7.43. The Morgan fingerprint density at radius 2 is 2.00 bits per heavy atom. The van der Waals surface area contributed by atoms with Gasteiger partial charge < -0.3 is 15.0 Å². The van der Waals surface area contributed by atoms with E-state index in [1.807, 2.05) is 23.4 Å². The van der Waals surface area contributed by atoms with Crippen LogP contribution in [-0.2, 0) is 16.1 Å². The molecule has 2 saturated heterocycles. The third kappa shape index (κ3) is 5.66. The summed E-state index contributed by atoms with van der Waals surface area (Å²) in [6.45, 7) is 6.77. The zero-order valence-corrected chi connectivity index (χ0v) is 16.1. The van der Waals surface area contributed by atoms with Crippen LogP contribution in [0.2, 0.25) is 0 Å². The lowest BCUT2D eigenvalue weighted by Gasteiger charge is -2.34. The first kappa shape index (κ1) is 19.6. The van der Waals surface area contributed by atoms with Crippen molar-refractivity contribution in [1.82, 2.24) is 20.1 Å². The van der Waals surface area contributed by atoms with Gasteiger partial charge in [0.05, 0.1) is 6.61 Å². The van der Waals surface area contributed by atoms with Crippen molar-refractivity contribution in [3.8, 4) is 0 Å². The number of aromatic nitrogens is 1. The Morgan fingerprint density at radius 1 is 1.22 bits per heavy atom. The molecular weight excluding hydrogens is 344 g/mol. The summed E-state index contributed by atoms with van der Waals surface area (Å²) < 4.78 is 4.84. The molecule has 2 aliphatic rings. The Kier molecular flexibility index (Phi) is 7.04. The van der Waals surface area contributed by atoms with Gasteiger partial charge in [-0.15, -0.1) is 0 Å². The summed E-state index contributed by atoms with van der Waals surface area (Å²) in [5.41, 5.74) is 1.27. The molecule has 27 heavy (non-hydrogen) atoms. The molecule has 2 aliphatic heterocycles. The van der Waals surface area contributed by atoms with Crippen LogP contribution in [0, 0.1) is 11.8 Å². The minimum Gasteiger partial charge on any atom is -0.465 e. The van der Waals surface area contributed by atoms with Crippen LogP contribution in [0.4, 0.5) is 4.79 Å². The van der Waals surface area contributed by atoms with Crippen molar-refractivity contribution in [2.75, 3.05) is 39.3 Å². The fraction of sp³-hybridized carbons (Fsp3) is 0.650. The number of pyridine rings is 1. The minimum atomic E-state index is -0.386. The van der Waals surface area contributed by atoms with Crippen molar-refractivity contribution in [3.05, 3.63) is 30.1 Å². The molecule has 148 valence electrons. The van der Waals surface area contributed by atoms with Crippen LogP contribution in [0.5, 0.6) is 0 Å². The number of carbonyl (C=O) groups is 2. The summed E-state index contributed by atoms with van der Waals surface area (Å²) in [6, 6.07) is 3.96. The van der Waals surface area contributed by atoms with E-state index in [-0.39, 0.29) is 18.5 Å². The van der Waals surface area contributed by atoms with Crippen LogP contribution in [-0.4, -0.2) is 66.1 Å². The van der Waals surface area contributed by atoms with Crippen LogP contribution in [0.1, 0.15) is 31.7 Å². The average molecular weight is 374 g/mol. The molecule has 7 heteroatoms. The molecule has 1 aromatic rings. The van der Waals surface area contributed by atoms with Gasteiger partial charge in [-0.25, -0.2) is 4.79 Å². The Balaban J connectivity index is 1.38. The summed E-state index contributed by atoms with van der Waals surface area (Å²) in [5, 5.41) is 2.67. The Hall–Kier alpha value is -2.15. The van der Waals surface area contributed by atoms with E-state index in [0.717, 1.165) is 39.1 Å². The number of hydrogen-bond acceptors (Lipinski definition) is 5. The number of ether oxygens (including phenoxy) is 1. The smallest absolute Gasteiger partial charge is 0.325 e. The maximum Gasteiger partial charge on any atom is 0.325 e. The van der Waals surface area contributed by atoms with E-state index in [9.17, 15) is 9.59 Å². The molecule has 0 aromatic carbocycles. The highest BCUT2D eigenvalue weighted by atomic mass is 16.5. The Labute approximate surface area is 161 Å². The molecule has 1 N–H and O–H groups in total. The van der Waals surface area contributed by atoms with E-state index in [1.54, 1.807) is 6.92 Å². The Bertz CT molecular complexity index is 617. The first-order valence-corrected chi connectivity index (χ1v) is 9.95. The summed E-state index contributed by atoms with van der Waals surface area (Å²) in [5.74, 6) is 0.861. The lowest BCUT2D eigenvalue weighted by atomic mass is 9.83. The van der Waals surface area contributed by atoms with E-state index in [2.05, 4.69) is 21.3 Å². The monoisotopic (exact) mass is 374 g/mol. The molecule has 2 amide bonds. The van der Waals surface area contributed by atoms with Crippen LogP contribution in [0.3, 0.4) is 0 Å². The molecule has 0 aliphatic carbocycles. The first-order valence-electron chi connectivity index (χ1n) is 9.95.